The molecule has 0 heterocycles. The highest BCUT2D eigenvalue weighted by molar-refractivity contribution is 6.23. The summed E-state index contributed by atoms with van der Waals surface area (Å²) in [5, 5.41) is 0. The van der Waals surface area contributed by atoms with Crippen molar-refractivity contribution < 1.29 is 9.53 Å². The van der Waals surface area contributed by atoms with Gasteiger partial charge in [0.25, 0.3) is 0 Å². The minimum atomic E-state index is -0.310. The van der Waals surface area contributed by atoms with Gasteiger partial charge in [-0.3, -0.25) is 4.79 Å². The van der Waals surface area contributed by atoms with Crippen LogP contribution in [-0.4, -0.2) is 17.5 Å². The first-order valence-electron chi connectivity index (χ1n) is 3.66. The number of hydrogen-bond donors (Lipinski definition) is 0. The quantitative estimate of drug-likeness (QED) is 0.489. The maximum atomic E-state index is 10.4. The van der Waals surface area contributed by atoms with E-state index >= 15 is 0 Å². The third-order valence-corrected chi connectivity index (χ3v) is 2.08. The van der Waals surface area contributed by atoms with Gasteiger partial charge >= 0.3 is 5.97 Å². The fourth-order valence-corrected chi connectivity index (χ4v) is 0.504. The lowest BCUT2D eigenvalue weighted by molar-refractivity contribution is -0.142. The van der Waals surface area contributed by atoms with Crippen molar-refractivity contribution >= 4 is 17.6 Å². The molecule has 0 saturated heterocycles. The highest BCUT2D eigenvalue weighted by atomic mass is 35.5. The van der Waals surface area contributed by atoms with Crippen LogP contribution < -0.4 is 0 Å². The predicted octanol–water partition coefficient (Wildman–Crippen LogP) is 2.20. The second-order valence-electron chi connectivity index (χ2n) is 3.27. The number of carbonyl (C=O) groups excluding carboxylic acids is 1. The third-order valence-electron chi connectivity index (χ3n) is 1.71. The van der Waals surface area contributed by atoms with Crippen molar-refractivity contribution in [3.63, 3.8) is 0 Å². The van der Waals surface area contributed by atoms with Crippen LogP contribution in [-0.2, 0) is 9.53 Å². The van der Waals surface area contributed by atoms with Crippen molar-refractivity contribution in [1.82, 2.24) is 0 Å². The van der Waals surface area contributed by atoms with E-state index in [1.807, 2.05) is 20.8 Å². The lowest BCUT2D eigenvalue weighted by Crippen LogP contribution is -2.26. The fourth-order valence-electron chi connectivity index (χ4n) is 0.441. The summed E-state index contributed by atoms with van der Waals surface area (Å²) < 4.78 is 4.81. The molecule has 2 nitrogen and oxygen atoms in total. The first-order valence-corrected chi connectivity index (χ1v) is 4.04. The molecule has 0 aromatic carbocycles. The summed E-state index contributed by atoms with van der Waals surface area (Å²) >= 11 is 5.98. The van der Waals surface area contributed by atoms with E-state index in [2.05, 4.69) is 0 Å². The van der Waals surface area contributed by atoms with Gasteiger partial charge in [0.05, 0.1) is 6.61 Å². The Labute approximate surface area is 72.9 Å². The zero-order chi connectivity index (χ0) is 9.07. The van der Waals surface area contributed by atoms with Gasteiger partial charge in [0.2, 0.25) is 0 Å². The molecule has 66 valence electrons. The van der Waals surface area contributed by atoms with E-state index < -0.39 is 0 Å². The molecule has 1 unspecified atom stereocenters. The Balaban J connectivity index is 3.70. The molecule has 0 aromatic rings. The molecule has 0 radical (unpaired) electrons. The van der Waals surface area contributed by atoms with Gasteiger partial charge in [0.1, 0.15) is 0 Å². The average molecular weight is 179 g/mol. The number of hydrogen-bond acceptors (Lipinski definition) is 2. The monoisotopic (exact) mass is 178 g/mol. The third kappa shape index (κ3) is 5.08. The Hall–Kier alpha value is -0.240. The van der Waals surface area contributed by atoms with E-state index in [0.29, 0.717) is 6.61 Å². The molecule has 0 spiro atoms. The van der Waals surface area contributed by atoms with Gasteiger partial charge < -0.3 is 4.74 Å². The summed E-state index contributed by atoms with van der Waals surface area (Å²) in [6, 6.07) is 0. The SMILES string of the molecule is CC(=O)OCC(C)C(C)(C)Cl. The molecule has 0 aliphatic heterocycles. The number of rotatable bonds is 3. The van der Waals surface area contributed by atoms with E-state index in [-0.39, 0.29) is 16.8 Å². The highest BCUT2D eigenvalue weighted by Gasteiger charge is 2.23. The summed E-state index contributed by atoms with van der Waals surface area (Å²) in [6.45, 7) is 7.56. The van der Waals surface area contributed by atoms with Crippen LogP contribution in [0.25, 0.3) is 0 Å². The molecule has 0 saturated carbocycles. The molecule has 0 bridgehead atoms. The molecule has 0 rings (SSSR count). The summed E-state index contributed by atoms with van der Waals surface area (Å²) in [5.74, 6) is -0.0779. The first kappa shape index (κ1) is 10.8. The van der Waals surface area contributed by atoms with Crippen molar-refractivity contribution in [2.75, 3.05) is 6.61 Å². The van der Waals surface area contributed by atoms with Crippen molar-refractivity contribution in [1.29, 1.82) is 0 Å². The van der Waals surface area contributed by atoms with Crippen LogP contribution >= 0.6 is 11.6 Å². The molecular weight excluding hydrogens is 164 g/mol. The summed E-state index contributed by atoms with van der Waals surface area (Å²) in [5.41, 5.74) is 0. The van der Waals surface area contributed by atoms with Crippen molar-refractivity contribution in [3.8, 4) is 0 Å². The van der Waals surface area contributed by atoms with Crippen molar-refractivity contribution in [2.24, 2.45) is 5.92 Å². The normalized spacial score (nSPS) is 14.3. The number of ether oxygens (including phenoxy) is 1. The summed E-state index contributed by atoms with van der Waals surface area (Å²) in [4.78, 5) is 10.1. The van der Waals surface area contributed by atoms with Crippen LogP contribution in [0.3, 0.4) is 0 Å². The largest absolute Gasteiger partial charge is 0.466 e. The van der Waals surface area contributed by atoms with E-state index in [4.69, 9.17) is 16.3 Å². The molecule has 0 aliphatic rings. The minimum absolute atomic E-state index is 0.174. The molecular formula is C8H15ClO2. The second-order valence-corrected chi connectivity index (χ2v) is 4.24. The molecule has 11 heavy (non-hydrogen) atoms. The van der Waals surface area contributed by atoms with Crippen LogP contribution in [0.2, 0.25) is 0 Å². The van der Waals surface area contributed by atoms with E-state index in [1.165, 1.54) is 6.92 Å². The molecule has 0 fully saturated rings. The van der Waals surface area contributed by atoms with Crippen LogP contribution in [0.4, 0.5) is 0 Å². The molecule has 3 heteroatoms. The number of carbonyl (C=O) groups is 1. The van der Waals surface area contributed by atoms with Crippen molar-refractivity contribution in [3.05, 3.63) is 0 Å². The predicted molar refractivity (Wildman–Crippen MR) is 45.7 cm³/mol. The lowest BCUT2D eigenvalue weighted by Gasteiger charge is -2.23. The Morgan fingerprint density at radius 1 is 1.64 bits per heavy atom. The van der Waals surface area contributed by atoms with E-state index in [9.17, 15) is 4.79 Å². The highest BCUT2D eigenvalue weighted by Crippen LogP contribution is 2.23. The fraction of sp³-hybridized carbons (Fsp3) is 0.875. The number of halogens is 1. The van der Waals surface area contributed by atoms with Gasteiger partial charge in [0, 0.05) is 17.7 Å². The van der Waals surface area contributed by atoms with Crippen molar-refractivity contribution in [2.45, 2.75) is 32.6 Å². The van der Waals surface area contributed by atoms with Crippen LogP contribution in [0.5, 0.6) is 0 Å². The molecule has 0 aromatic heterocycles. The Morgan fingerprint density at radius 3 is 2.36 bits per heavy atom. The molecule has 0 N–H and O–H groups in total. The molecule has 0 aliphatic carbocycles. The van der Waals surface area contributed by atoms with Crippen LogP contribution in [0.1, 0.15) is 27.7 Å². The van der Waals surface area contributed by atoms with Crippen LogP contribution in [0, 0.1) is 5.92 Å². The van der Waals surface area contributed by atoms with Gasteiger partial charge in [-0.05, 0) is 13.8 Å². The zero-order valence-corrected chi connectivity index (χ0v) is 8.23. The van der Waals surface area contributed by atoms with Gasteiger partial charge in [-0.2, -0.15) is 0 Å². The lowest BCUT2D eigenvalue weighted by atomic mass is 9.98. The Kier molecular flexibility index (Phi) is 3.87. The smallest absolute Gasteiger partial charge is 0.302 e. The second kappa shape index (κ2) is 3.96. The Morgan fingerprint density at radius 2 is 2.09 bits per heavy atom. The minimum Gasteiger partial charge on any atom is -0.466 e. The summed E-state index contributed by atoms with van der Waals surface area (Å²) in [6.07, 6.45) is 0. The average Bonchev–Trinajstić information content (AvgIpc) is 1.80. The van der Waals surface area contributed by atoms with Gasteiger partial charge in [-0.25, -0.2) is 0 Å². The van der Waals surface area contributed by atoms with E-state index in [1.54, 1.807) is 0 Å². The maximum absolute atomic E-state index is 10.4. The number of alkyl halides is 1. The van der Waals surface area contributed by atoms with Crippen LogP contribution in [0.15, 0.2) is 0 Å². The topological polar surface area (TPSA) is 26.3 Å². The first-order chi connectivity index (χ1) is 4.84. The molecule has 1 atom stereocenters. The number of esters is 1. The molecule has 0 amide bonds. The summed E-state index contributed by atoms with van der Waals surface area (Å²) in [7, 11) is 0. The maximum Gasteiger partial charge on any atom is 0.302 e. The van der Waals surface area contributed by atoms with E-state index in [0.717, 1.165) is 0 Å². The zero-order valence-electron chi connectivity index (χ0n) is 7.48. The van der Waals surface area contributed by atoms with Gasteiger partial charge in [0.15, 0.2) is 0 Å². The van der Waals surface area contributed by atoms with Gasteiger partial charge in [-0.1, -0.05) is 6.92 Å². The van der Waals surface area contributed by atoms with Gasteiger partial charge in [-0.15, -0.1) is 11.6 Å². The standard InChI is InChI=1S/C8H15ClO2/c1-6(8(3,4)9)5-11-7(2)10/h6H,5H2,1-4H3. The Bertz CT molecular complexity index is 138.